The Morgan fingerprint density at radius 2 is 1.94 bits per heavy atom. The molecule has 0 amide bonds. The molecule has 0 N–H and O–H groups in total. The van der Waals surface area contributed by atoms with Crippen LogP contribution in [0.1, 0.15) is 36.2 Å². The van der Waals surface area contributed by atoms with Crippen LogP contribution in [-0.4, -0.2) is 11.7 Å². The molecule has 0 atom stereocenters. The normalized spacial score (nSPS) is 9.75. The highest BCUT2D eigenvalue weighted by atomic mass is 35.5. The van der Waals surface area contributed by atoms with Crippen LogP contribution in [0.3, 0.4) is 0 Å². The number of rotatable bonds is 3. The van der Waals surface area contributed by atoms with Gasteiger partial charge in [0, 0.05) is 29.3 Å². The third-order valence-corrected chi connectivity index (χ3v) is 2.33. The molecule has 0 aliphatic rings. The molecular formula is C14H15ClO. The summed E-state index contributed by atoms with van der Waals surface area (Å²) >= 11 is 5.52. The molecule has 1 rings (SSSR count). The van der Waals surface area contributed by atoms with Crippen LogP contribution in [-0.2, 0) is 0 Å². The molecule has 0 radical (unpaired) electrons. The van der Waals surface area contributed by atoms with Crippen molar-refractivity contribution in [2.45, 2.75) is 20.3 Å². The minimum Gasteiger partial charge on any atom is -0.294 e. The van der Waals surface area contributed by atoms with Gasteiger partial charge in [-0.05, 0) is 12.1 Å². The van der Waals surface area contributed by atoms with Crippen LogP contribution in [0.15, 0.2) is 24.3 Å². The maximum atomic E-state index is 11.7. The summed E-state index contributed by atoms with van der Waals surface area (Å²) in [6.45, 7) is 3.80. The number of benzene rings is 1. The van der Waals surface area contributed by atoms with Crippen LogP contribution < -0.4 is 0 Å². The van der Waals surface area contributed by atoms with Crippen LogP contribution in [0.5, 0.6) is 0 Å². The van der Waals surface area contributed by atoms with E-state index in [1.54, 1.807) is 0 Å². The SMILES string of the molecule is CC(C)C(=O)c1ccc(C#CCCCl)cc1. The topological polar surface area (TPSA) is 17.1 Å². The first-order valence-electron chi connectivity index (χ1n) is 5.34. The second kappa shape index (κ2) is 6.35. The maximum absolute atomic E-state index is 11.7. The molecule has 0 heterocycles. The number of halogens is 1. The summed E-state index contributed by atoms with van der Waals surface area (Å²) in [5.74, 6) is 6.71. The average molecular weight is 235 g/mol. The lowest BCUT2D eigenvalue weighted by atomic mass is 10.0. The Morgan fingerprint density at radius 1 is 1.31 bits per heavy atom. The Kier molecular flexibility index (Phi) is 5.08. The van der Waals surface area contributed by atoms with E-state index in [1.807, 2.05) is 38.1 Å². The van der Waals surface area contributed by atoms with Crippen LogP contribution in [0.25, 0.3) is 0 Å². The summed E-state index contributed by atoms with van der Waals surface area (Å²) in [7, 11) is 0. The van der Waals surface area contributed by atoms with Crippen molar-refractivity contribution in [1.29, 1.82) is 0 Å². The Labute approximate surface area is 102 Å². The van der Waals surface area contributed by atoms with Crippen molar-refractivity contribution in [2.75, 3.05) is 5.88 Å². The van der Waals surface area contributed by atoms with Gasteiger partial charge in [0.05, 0.1) is 0 Å². The summed E-state index contributed by atoms with van der Waals surface area (Å²) in [5.41, 5.74) is 1.67. The van der Waals surface area contributed by atoms with Gasteiger partial charge in [-0.3, -0.25) is 4.79 Å². The second-order valence-electron chi connectivity index (χ2n) is 3.84. The minimum atomic E-state index is 0.0354. The van der Waals surface area contributed by atoms with E-state index in [2.05, 4.69) is 11.8 Å². The van der Waals surface area contributed by atoms with E-state index in [1.165, 1.54) is 0 Å². The van der Waals surface area contributed by atoms with Gasteiger partial charge in [0.2, 0.25) is 0 Å². The molecule has 0 aliphatic carbocycles. The van der Waals surface area contributed by atoms with Gasteiger partial charge in [-0.1, -0.05) is 37.8 Å². The molecular weight excluding hydrogens is 220 g/mol. The number of hydrogen-bond acceptors (Lipinski definition) is 1. The van der Waals surface area contributed by atoms with Crippen LogP contribution in [0.2, 0.25) is 0 Å². The van der Waals surface area contributed by atoms with E-state index in [-0.39, 0.29) is 11.7 Å². The Hall–Kier alpha value is -1.26. The number of carbonyl (C=O) groups excluding carboxylic acids is 1. The zero-order valence-electron chi connectivity index (χ0n) is 9.59. The lowest BCUT2D eigenvalue weighted by Gasteiger charge is -2.03. The first-order valence-corrected chi connectivity index (χ1v) is 5.87. The van der Waals surface area contributed by atoms with Gasteiger partial charge < -0.3 is 0 Å². The van der Waals surface area contributed by atoms with E-state index in [0.717, 1.165) is 11.1 Å². The zero-order chi connectivity index (χ0) is 12.0. The summed E-state index contributed by atoms with van der Waals surface area (Å²) in [6, 6.07) is 7.40. The molecule has 1 aromatic carbocycles. The lowest BCUT2D eigenvalue weighted by Crippen LogP contribution is -2.06. The van der Waals surface area contributed by atoms with Crippen LogP contribution >= 0.6 is 11.6 Å². The number of carbonyl (C=O) groups is 1. The van der Waals surface area contributed by atoms with Crippen molar-refractivity contribution in [3.63, 3.8) is 0 Å². The van der Waals surface area contributed by atoms with E-state index in [9.17, 15) is 4.79 Å². The zero-order valence-corrected chi connectivity index (χ0v) is 10.3. The molecule has 0 saturated heterocycles. The number of alkyl halides is 1. The quantitative estimate of drug-likeness (QED) is 0.444. The third-order valence-electron chi connectivity index (χ3n) is 2.15. The highest BCUT2D eigenvalue weighted by Gasteiger charge is 2.09. The molecule has 1 nitrogen and oxygen atoms in total. The van der Waals surface area contributed by atoms with Gasteiger partial charge in [0.25, 0.3) is 0 Å². The molecule has 0 saturated carbocycles. The van der Waals surface area contributed by atoms with Crippen LogP contribution in [0, 0.1) is 17.8 Å². The van der Waals surface area contributed by atoms with E-state index in [4.69, 9.17) is 11.6 Å². The Bertz CT molecular complexity index is 407. The van der Waals surface area contributed by atoms with Crippen molar-refractivity contribution in [3.05, 3.63) is 35.4 Å². The fourth-order valence-corrected chi connectivity index (χ4v) is 1.36. The largest absolute Gasteiger partial charge is 0.294 e. The monoisotopic (exact) mass is 234 g/mol. The van der Waals surface area contributed by atoms with Gasteiger partial charge >= 0.3 is 0 Å². The molecule has 0 fully saturated rings. The molecule has 0 bridgehead atoms. The summed E-state index contributed by atoms with van der Waals surface area (Å²) in [5, 5.41) is 0. The fourth-order valence-electron chi connectivity index (χ4n) is 1.26. The molecule has 0 spiro atoms. The van der Waals surface area contributed by atoms with Crippen molar-refractivity contribution in [2.24, 2.45) is 5.92 Å². The van der Waals surface area contributed by atoms with Crippen molar-refractivity contribution in [1.82, 2.24) is 0 Å². The third kappa shape index (κ3) is 3.72. The molecule has 1 aromatic rings. The fraction of sp³-hybridized carbons (Fsp3) is 0.357. The van der Waals surface area contributed by atoms with Gasteiger partial charge in [-0.15, -0.1) is 11.6 Å². The van der Waals surface area contributed by atoms with E-state index >= 15 is 0 Å². The maximum Gasteiger partial charge on any atom is 0.165 e. The van der Waals surface area contributed by atoms with Crippen molar-refractivity contribution in [3.8, 4) is 11.8 Å². The Balaban J connectivity index is 2.77. The predicted molar refractivity (Wildman–Crippen MR) is 67.8 cm³/mol. The molecule has 0 aromatic heterocycles. The molecule has 84 valence electrons. The average Bonchev–Trinajstić information content (AvgIpc) is 2.29. The highest BCUT2D eigenvalue weighted by molar-refractivity contribution is 6.18. The van der Waals surface area contributed by atoms with E-state index in [0.29, 0.717) is 12.3 Å². The summed E-state index contributed by atoms with van der Waals surface area (Å²) < 4.78 is 0. The number of hydrogen-bond donors (Lipinski definition) is 0. The molecule has 16 heavy (non-hydrogen) atoms. The van der Waals surface area contributed by atoms with Crippen LogP contribution in [0.4, 0.5) is 0 Å². The van der Waals surface area contributed by atoms with Gasteiger partial charge in [0.15, 0.2) is 5.78 Å². The smallest absolute Gasteiger partial charge is 0.165 e. The number of ketones is 1. The van der Waals surface area contributed by atoms with Gasteiger partial charge in [-0.2, -0.15) is 0 Å². The Morgan fingerprint density at radius 3 is 2.44 bits per heavy atom. The predicted octanol–water partition coefficient (Wildman–Crippen LogP) is 3.51. The first kappa shape index (κ1) is 12.8. The molecule has 2 heteroatoms. The second-order valence-corrected chi connectivity index (χ2v) is 4.22. The molecule has 0 unspecified atom stereocenters. The van der Waals surface area contributed by atoms with Gasteiger partial charge in [0.1, 0.15) is 0 Å². The van der Waals surface area contributed by atoms with Gasteiger partial charge in [-0.25, -0.2) is 0 Å². The standard InChI is InChI=1S/C14H15ClO/c1-11(2)14(16)13-8-6-12(7-9-13)5-3-4-10-15/h6-9,11H,4,10H2,1-2H3. The number of Topliss-reactive ketones (excluding diaryl/α,β-unsaturated/α-hetero) is 1. The minimum absolute atomic E-state index is 0.0354. The first-order chi connectivity index (χ1) is 7.65. The lowest BCUT2D eigenvalue weighted by molar-refractivity contribution is 0.0939. The summed E-state index contributed by atoms with van der Waals surface area (Å²) in [6.07, 6.45) is 0.689. The highest BCUT2D eigenvalue weighted by Crippen LogP contribution is 2.09. The van der Waals surface area contributed by atoms with Crippen molar-refractivity contribution < 1.29 is 4.79 Å². The van der Waals surface area contributed by atoms with Crippen molar-refractivity contribution >= 4 is 17.4 Å². The summed E-state index contributed by atoms with van der Waals surface area (Å²) in [4.78, 5) is 11.7. The molecule has 0 aliphatic heterocycles. The van der Waals surface area contributed by atoms with E-state index < -0.39 is 0 Å².